The van der Waals surface area contributed by atoms with Crippen molar-refractivity contribution in [2.75, 3.05) is 6.61 Å². The molecule has 1 N–H and O–H groups in total. The molecule has 2 aromatic heterocycles. The number of esters is 1. The van der Waals surface area contributed by atoms with Crippen molar-refractivity contribution in [3.63, 3.8) is 0 Å². The first-order valence-electron chi connectivity index (χ1n) is 7.01. The number of carbonyl (C=O) groups is 1. The number of benzene rings is 1. The number of aromatic hydroxyl groups is 1. The standard InChI is InChI=1S/C17H13FN2O3/c1-2-23-17(22)14-5-3-11-8-19-9-12(16(11)20-14)10-4-6-15(21)13(18)7-10/h3-9,21H,2H2,1H3. The molecular formula is C17H13FN2O3. The Balaban J connectivity index is 2.18. The maximum absolute atomic E-state index is 13.6. The number of fused-ring (bicyclic) bond motifs is 1. The van der Waals surface area contributed by atoms with Gasteiger partial charge in [-0.2, -0.15) is 0 Å². The molecule has 0 unspecified atom stereocenters. The van der Waals surface area contributed by atoms with E-state index in [1.54, 1.807) is 31.3 Å². The van der Waals surface area contributed by atoms with E-state index in [1.165, 1.54) is 18.3 Å². The van der Waals surface area contributed by atoms with Gasteiger partial charge in [-0.25, -0.2) is 14.2 Å². The number of carbonyl (C=O) groups excluding carboxylic acids is 1. The van der Waals surface area contributed by atoms with Crippen molar-refractivity contribution in [3.05, 3.63) is 54.2 Å². The van der Waals surface area contributed by atoms with Gasteiger partial charge in [-0.05, 0) is 36.8 Å². The number of pyridine rings is 2. The van der Waals surface area contributed by atoms with Crippen LogP contribution in [0.2, 0.25) is 0 Å². The van der Waals surface area contributed by atoms with Gasteiger partial charge in [0, 0.05) is 23.3 Å². The molecular weight excluding hydrogens is 299 g/mol. The molecule has 5 nitrogen and oxygen atoms in total. The Hall–Kier alpha value is -3.02. The van der Waals surface area contributed by atoms with Crippen LogP contribution in [-0.4, -0.2) is 27.7 Å². The van der Waals surface area contributed by atoms with Crippen LogP contribution in [0.4, 0.5) is 4.39 Å². The van der Waals surface area contributed by atoms with E-state index in [1.807, 2.05) is 0 Å². The Morgan fingerprint density at radius 3 is 2.83 bits per heavy atom. The van der Waals surface area contributed by atoms with E-state index in [9.17, 15) is 14.3 Å². The predicted octanol–water partition coefficient (Wildman–Crippen LogP) is 3.32. The monoisotopic (exact) mass is 312 g/mol. The quantitative estimate of drug-likeness (QED) is 0.751. The number of hydrogen-bond acceptors (Lipinski definition) is 5. The number of phenols is 1. The molecule has 0 saturated carbocycles. The number of halogens is 1. The van der Waals surface area contributed by atoms with E-state index in [2.05, 4.69) is 9.97 Å². The lowest BCUT2D eigenvalue weighted by molar-refractivity contribution is 0.0520. The largest absolute Gasteiger partial charge is 0.505 e. The summed E-state index contributed by atoms with van der Waals surface area (Å²) >= 11 is 0. The molecule has 0 aliphatic rings. The van der Waals surface area contributed by atoms with Crippen LogP contribution in [0.3, 0.4) is 0 Å². The summed E-state index contributed by atoms with van der Waals surface area (Å²) in [5.41, 5.74) is 1.75. The van der Waals surface area contributed by atoms with Gasteiger partial charge in [0.25, 0.3) is 0 Å². The molecule has 0 amide bonds. The molecule has 0 radical (unpaired) electrons. The SMILES string of the molecule is CCOC(=O)c1ccc2cncc(-c3ccc(O)c(F)c3)c2n1. The molecule has 0 aliphatic heterocycles. The maximum atomic E-state index is 13.6. The molecule has 0 atom stereocenters. The molecule has 0 bridgehead atoms. The van der Waals surface area contributed by atoms with Crippen LogP contribution >= 0.6 is 0 Å². The molecule has 3 rings (SSSR count). The van der Waals surface area contributed by atoms with Crippen LogP contribution in [0.25, 0.3) is 22.0 Å². The highest BCUT2D eigenvalue weighted by Crippen LogP contribution is 2.29. The van der Waals surface area contributed by atoms with Gasteiger partial charge in [-0.1, -0.05) is 6.07 Å². The number of ether oxygens (including phenoxy) is 1. The third-order valence-electron chi connectivity index (χ3n) is 3.34. The average Bonchev–Trinajstić information content (AvgIpc) is 2.56. The average molecular weight is 312 g/mol. The molecule has 3 aromatic rings. The van der Waals surface area contributed by atoms with Crippen LogP contribution in [0.1, 0.15) is 17.4 Å². The second-order valence-corrected chi connectivity index (χ2v) is 4.84. The summed E-state index contributed by atoms with van der Waals surface area (Å²) in [4.78, 5) is 20.3. The summed E-state index contributed by atoms with van der Waals surface area (Å²) in [5.74, 6) is -1.68. The van der Waals surface area contributed by atoms with Gasteiger partial charge in [0.1, 0.15) is 5.69 Å². The second kappa shape index (κ2) is 6.00. The first-order valence-corrected chi connectivity index (χ1v) is 7.01. The number of rotatable bonds is 3. The minimum Gasteiger partial charge on any atom is -0.505 e. The van der Waals surface area contributed by atoms with Gasteiger partial charge in [0.2, 0.25) is 0 Å². The Labute approximate surface area is 131 Å². The highest BCUT2D eigenvalue weighted by molar-refractivity contribution is 5.96. The minimum atomic E-state index is -0.735. The Morgan fingerprint density at radius 2 is 2.09 bits per heavy atom. The molecule has 0 aliphatic carbocycles. The lowest BCUT2D eigenvalue weighted by atomic mass is 10.0. The Morgan fingerprint density at radius 1 is 1.26 bits per heavy atom. The Bertz CT molecular complexity index is 896. The van der Waals surface area contributed by atoms with Crippen molar-refractivity contribution in [3.8, 4) is 16.9 Å². The zero-order chi connectivity index (χ0) is 16.4. The fraction of sp³-hybridized carbons (Fsp3) is 0.118. The van der Waals surface area contributed by atoms with Crippen LogP contribution in [0.5, 0.6) is 5.75 Å². The first-order chi connectivity index (χ1) is 11.1. The van der Waals surface area contributed by atoms with Gasteiger partial charge >= 0.3 is 5.97 Å². The summed E-state index contributed by atoms with van der Waals surface area (Å²) in [6, 6.07) is 7.29. The van der Waals surface area contributed by atoms with Crippen LogP contribution < -0.4 is 0 Å². The first kappa shape index (κ1) is 14.9. The molecule has 1 aromatic carbocycles. The van der Waals surface area contributed by atoms with Gasteiger partial charge in [-0.15, -0.1) is 0 Å². The molecule has 0 fully saturated rings. The summed E-state index contributed by atoms with van der Waals surface area (Å²) < 4.78 is 18.6. The van der Waals surface area contributed by atoms with Crippen molar-refractivity contribution in [2.45, 2.75) is 6.92 Å². The normalized spacial score (nSPS) is 10.7. The smallest absolute Gasteiger partial charge is 0.356 e. The third-order valence-corrected chi connectivity index (χ3v) is 3.34. The van der Waals surface area contributed by atoms with E-state index >= 15 is 0 Å². The van der Waals surface area contributed by atoms with Crippen LogP contribution in [0, 0.1) is 5.82 Å². The van der Waals surface area contributed by atoms with Gasteiger partial charge in [-0.3, -0.25) is 4.98 Å². The van der Waals surface area contributed by atoms with Crippen molar-refractivity contribution in [2.24, 2.45) is 0 Å². The highest BCUT2D eigenvalue weighted by Gasteiger charge is 2.13. The fourth-order valence-electron chi connectivity index (χ4n) is 2.25. The Kier molecular flexibility index (Phi) is 3.89. The summed E-state index contributed by atoms with van der Waals surface area (Å²) in [5, 5.41) is 10.0. The summed E-state index contributed by atoms with van der Waals surface area (Å²) in [6.07, 6.45) is 3.15. The second-order valence-electron chi connectivity index (χ2n) is 4.84. The molecule has 2 heterocycles. The molecule has 23 heavy (non-hydrogen) atoms. The number of nitrogens with zero attached hydrogens (tertiary/aromatic N) is 2. The van der Waals surface area contributed by atoms with Crippen molar-refractivity contribution in [1.29, 1.82) is 0 Å². The zero-order valence-corrected chi connectivity index (χ0v) is 12.3. The molecule has 6 heteroatoms. The molecule has 116 valence electrons. The van der Waals surface area contributed by atoms with Crippen molar-refractivity contribution in [1.82, 2.24) is 9.97 Å². The summed E-state index contributed by atoms with van der Waals surface area (Å²) in [6.45, 7) is 1.97. The topological polar surface area (TPSA) is 72.3 Å². The number of hydrogen-bond donors (Lipinski definition) is 1. The lowest BCUT2D eigenvalue weighted by Gasteiger charge is -2.08. The van der Waals surface area contributed by atoms with Crippen LogP contribution in [0.15, 0.2) is 42.7 Å². The number of phenolic OH excluding ortho intramolecular Hbond substituents is 1. The van der Waals surface area contributed by atoms with E-state index in [0.717, 1.165) is 0 Å². The summed E-state index contributed by atoms with van der Waals surface area (Å²) in [7, 11) is 0. The highest BCUT2D eigenvalue weighted by atomic mass is 19.1. The molecule has 0 saturated heterocycles. The lowest BCUT2D eigenvalue weighted by Crippen LogP contribution is -2.07. The van der Waals surface area contributed by atoms with Gasteiger partial charge in [0.15, 0.2) is 11.6 Å². The van der Waals surface area contributed by atoms with Crippen molar-refractivity contribution >= 4 is 16.9 Å². The van der Waals surface area contributed by atoms with Gasteiger partial charge < -0.3 is 9.84 Å². The number of aromatic nitrogens is 2. The maximum Gasteiger partial charge on any atom is 0.356 e. The van der Waals surface area contributed by atoms with Gasteiger partial charge in [0.05, 0.1) is 12.1 Å². The zero-order valence-electron chi connectivity index (χ0n) is 12.3. The minimum absolute atomic E-state index is 0.172. The van der Waals surface area contributed by atoms with Crippen molar-refractivity contribution < 1.29 is 19.0 Å². The van der Waals surface area contributed by atoms with E-state index in [-0.39, 0.29) is 12.3 Å². The third kappa shape index (κ3) is 2.83. The van der Waals surface area contributed by atoms with Crippen LogP contribution in [-0.2, 0) is 4.74 Å². The molecule has 0 spiro atoms. The van der Waals surface area contributed by atoms with E-state index < -0.39 is 17.5 Å². The van der Waals surface area contributed by atoms with E-state index in [4.69, 9.17) is 4.74 Å². The van der Waals surface area contributed by atoms with E-state index in [0.29, 0.717) is 22.0 Å². The predicted molar refractivity (Wildman–Crippen MR) is 82.6 cm³/mol. The fourth-order valence-corrected chi connectivity index (χ4v) is 2.25.